The summed E-state index contributed by atoms with van der Waals surface area (Å²) in [5.41, 5.74) is 0.659. The molecule has 0 atom stereocenters. The maximum atomic E-state index is 13.2. The molecule has 0 saturated carbocycles. The predicted octanol–water partition coefficient (Wildman–Crippen LogP) is 2.32. The number of halogens is 1. The SMILES string of the molecule is O=C1/C(=C\c2cccc(F)c2)SC(=S)N1CN1CCOCC1. The van der Waals surface area contributed by atoms with Gasteiger partial charge in [-0.1, -0.05) is 36.1 Å². The van der Waals surface area contributed by atoms with E-state index in [4.69, 9.17) is 17.0 Å². The summed E-state index contributed by atoms with van der Waals surface area (Å²) in [6, 6.07) is 6.16. The molecule has 0 radical (unpaired) electrons. The summed E-state index contributed by atoms with van der Waals surface area (Å²) in [6.45, 7) is 3.41. The first-order valence-electron chi connectivity index (χ1n) is 6.94. The highest BCUT2D eigenvalue weighted by molar-refractivity contribution is 8.26. The quantitative estimate of drug-likeness (QED) is 0.624. The second-order valence-corrected chi connectivity index (χ2v) is 6.71. The van der Waals surface area contributed by atoms with Gasteiger partial charge >= 0.3 is 0 Å². The topological polar surface area (TPSA) is 32.8 Å². The molecule has 2 aliphatic rings. The lowest BCUT2D eigenvalue weighted by Crippen LogP contribution is -2.45. The molecular weight excluding hydrogens is 323 g/mol. The summed E-state index contributed by atoms with van der Waals surface area (Å²) >= 11 is 6.56. The van der Waals surface area contributed by atoms with E-state index in [0.717, 1.165) is 13.1 Å². The zero-order chi connectivity index (χ0) is 15.5. The Morgan fingerprint density at radius 2 is 2.14 bits per heavy atom. The Bertz CT molecular complexity index is 630. The minimum atomic E-state index is -0.322. The number of amides is 1. The van der Waals surface area contributed by atoms with Gasteiger partial charge in [-0.25, -0.2) is 4.39 Å². The van der Waals surface area contributed by atoms with Crippen LogP contribution in [0.2, 0.25) is 0 Å². The van der Waals surface area contributed by atoms with Gasteiger partial charge in [0.05, 0.1) is 24.8 Å². The van der Waals surface area contributed by atoms with Gasteiger partial charge in [0.15, 0.2) is 0 Å². The Morgan fingerprint density at radius 1 is 1.36 bits per heavy atom. The first kappa shape index (κ1) is 15.6. The smallest absolute Gasteiger partial charge is 0.267 e. The van der Waals surface area contributed by atoms with Crippen molar-refractivity contribution in [1.82, 2.24) is 9.80 Å². The molecule has 2 heterocycles. The molecule has 0 bridgehead atoms. The van der Waals surface area contributed by atoms with E-state index in [9.17, 15) is 9.18 Å². The van der Waals surface area contributed by atoms with Crippen LogP contribution in [0, 0.1) is 5.82 Å². The fourth-order valence-corrected chi connectivity index (χ4v) is 3.55. The summed E-state index contributed by atoms with van der Waals surface area (Å²) in [5, 5.41) is 0. The van der Waals surface area contributed by atoms with Gasteiger partial charge in [-0.2, -0.15) is 0 Å². The van der Waals surface area contributed by atoms with Crippen LogP contribution < -0.4 is 0 Å². The molecule has 2 fully saturated rings. The normalized spacial score (nSPS) is 21.9. The van der Waals surface area contributed by atoms with E-state index in [2.05, 4.69) is 4.90 Å². The Hall–Kier alpha value is -1.28. The predicted molar refractivity (Wildman–Crippen MR) is 88.7 cm³/mol. The van der Waals surface area contributed by atoms with Gasteiger partial charge < -0.3 is 4.74 Å². The van der Waals surface area contributed by atoms with E-state index >= 15 is 0 Å². The fraction of sp³-hybridized carbons (Fsp3) is 0.333. The summed E-state index contributed by atoms with van der Waals surface area (Å²) in [6.07, 6.45) is 1.68. The molecule has 3 rings (SSSR count). The highest BCUT2D eigenvalue weighted by Gasteiger charge is 2.33. The summed E-state index contributed by atoms with van der Waals surface area (Å²) in [7, 11) is 0. The molecule has 22 heavy (non-hydrogen) atoms. The largest absolute Gasteiger partial charge is 0.379 e. The Labute approximate surface area is 137 Å². The summed E-state index contributed by atoms with van der Waals surface area (Å²) in [5.74, 6) is -0.441. The standard InChI is InChI=1S/C15H15FN2O2S2/c16-12-3-1-2-11(8-12)9-13-14(19)18(15(21)22-13)10-17-4-6-20-7-5-17/h1-3,8-9H,4-7,10H2/b13-9+. The van der Waals surface area contributed by atoms with Crippen LogP contribution in [0.15, 0.2) is 29.2 Å². The molecule has 2 saturated heterocycles. The number of nitrogens with zero attached hydrogens (tertiary/aromatic N) is 2. The number of hydrogen-bond donors (Lipinski definition) is 0. The number of benzene rings is 1. The molecule has 116 valence electrons. The van der Waals surface area contributed by atoms with Crippen LogP contribution in [0.3, 0.4) is 0 Å². The van der Waals surface area contributed by atoms with Crippen molar-refractivity contribution in [3.8, 4) is 0 Å². The van der Waals surface area contributed by atoms with E-state index in [1.807, 2.05) is 0 Å². The molecule has 1 aromatic carbocycles. The van der Waals surface area contributed by atoms with Crippen molar-refractivity contribution >= 4 is 40.3 Å². The van der Waals surface area contributed by atoms with Crippen LogP contribution in [-0.2, 0) is 9.53 Å². The minimum absolute atomic E-state index is 0.120. The number of ether oxygens (including phenoxy) is 1. The van der Waals surface area contributed by atoms with Crippen molar-refractivity contribution in [2.75, 3.05) is 33.0 Å². The number of carbonyl (C=O) groups is 1. The molecule has 1 amide bonds. The van der Waals surface area contributed by atoms with Crippen molar-refractivity contribution in [3.05, 3.63) is 40.6 Å². The Kier molecular flexibility index (Phi) is 4.87. The van der Waals surface area contributed by atoms with Gasteiger partial charge in [0.2, 0.25) is 0 Å². The van der Waals surface area contributed by atoms with Gasteiger partial charge in [-0.3, -0.25) is 14.6 Å². The summed E-state index contributed by atoms with van der Waals surface area (Å²) < 4.78 is 19.1. The number of thiocarbonyl (C=S) groups is 1. The number of carbonyl (C=O) groups excluding carboxylic acids is 1. The van der Waals surface area contributed by atoms with Crippen LogP contribution in [-0.4, -0.2) is 53.0 Å². The van der Waals surface area contributed by atoms with Crippen LogP contribution in [0.4, 0.5) is 4.39 Å². The van der Waals surface area contributed by atoms with E-state index in [1.165, 1.54) is 23.9 Å². The molecule has 0 unspecified atom stereocenters. The third kappa shape index (κ3) is 3.55. The van der Waals surface area contributed by atoms with Gasteiger partial charge in [0, 0.05) is 13.1 Å². The van der Waals surface area contributed by atoms with Crippen LogP contribution in [0.1, 0.15) is 5.56 Å². The molecule has 0 aliphatic carbocycles. The van der Waals surface area contributed by atoms with Crippen molar-refractivity contribution in [2.24, 2.45) is 0 Å². The fourth-order valence-electron chi connectivity index (χ4n) is 2.31. The molecule has 2 aliphatic heterocycles. The first-order valence-corrected chi connectivity index (χ1v) is 8.17. The zero-order valence-electron chi connectivity index (χ0n) is 11.8. The Balaban J connectivity index is 1.73. The Morgan fingerprint density at radius 3 is 2.86 bits per heavy atom. The van der Waals surface area contributed by atoms with Crippen LogP contribution in [0.25, 0.3) is 6.08 Å². The molecular formula is C15H15FN2O2S2. The molecule has 7 heteroatoms. The highest BCUT2D eigenvalue weighted by atomic mass is 32.2. The molecule has 0 aromatic heterocycles. The number of rotatable bonds is 3. The summed E-state index contributed by atoms with van der Waals surface area (Å²) in [4.78, 5) is 16.7. The van der Waals surface area contributed by atoms with Crippen LogP contribution >= 0.6 is 24.0 Å². The van der Waals surface area contributed by atoms with Gasteiger partial charge in [-0.15, -0.1) is 0 Å². The number of thioether (sulfide) groups is 1. The lowest BCUT2D eigenvalue weighted by Gasteiger charge is -2.29. The maximum Gasteiger partial charge on any atom is 0.267 e. The second-order valence-electron chi connectivity index (χ2n) is 5.04. The third-order valence-electron chi connectivity index (χ3n) is 3.47. The van der Waals surface area contributed by atoms with Crippen molar-refractivity contribution in [3.63, 3.8) is 0 Å². The van der Waals surface area contributed by atoms with Crippen molar-refractivity contribution < 1.29 is 13.9 Å². The zero-order valence-corrected chi connectivity index (χ0v) is 13.5. The van der Waals surface area contributed by atoms with E-state index in [1.54, 1.807) is 23.1 Å². The molecule has 4 nitrogen and oxygen atoms in total. The average Bonchev–Trinajstić information content (AvgIpc) is 2.76. The maximum absolute atomic E-state index is 13.2. The molecule has 1 aromatic rings. The average molecular weight is 338 g/mol. The molecule has 0 N–H and O–H groups in total. The van der Waals surface area contributed by atoms with Gasteiger partial charge in [-0.05, 0) is 23.8 Å². The lowest BCUT2D eigenvalue weighted by atomic mass is 10.2. The van der Waals surface area contributed by atoms with E-state index in [0.29, 0.717) is 34.7 Å². The van der Waals surface area contributed by atoms with E-state index in [-0.39, 0.29) is 11.7 Å². The number of morpholine rings is 1. The van der Waals surface area contributed by atoms with Gasteiger partial charge in [0.25, 0.3) is 5.91 Å². The highest BCUT2D eigenvalue weighted by Crippen LogP contribution is 2.32. The monoisotopic (exact) mass is 338 g/mol. The first-order chi connectivity index (χ1) is 10.6. The van der Waals surface area contributed by atoms with Crippen molar-refractivity contribution in [2.45, 2.75) is 0 Å². The van der Waals surface area contributed by atoms with E-state index < -0.39 is 0 Å². The minimum Gasteiger partial charge on any atom is -0.379 e. The van der Waals surface area contributed by atoms with Crippen LogP contribution in [0.5, 0.6) is 0 Å². The molecule has 0 spiro atoms. The van der Waals surface area contributed by atoms with Gasteiger partial charge in [0.1, 0.15) is 10.1 Å². The number of hydrogen-bond acceptors (Lipinski definition) is 5. The lowest BCUT2D eigenvalue weighted by molar-refractivity contribution is -0.124. The third-order valence-corrected chi connectivity index (χ3v) is 4.84. The second kappa shape index (κ2) is 6.87. The van der Waals surface area contributed by atoms with Crippen molar-refractivity contribution in [1.29, 1.82) is 0 Å².